The normalized spacial score (nSPS) is 11.1. The molecule has 0 atom stereocenters. The molecule has 1 N–H and O–H groups in total. The maximum absolute atomic E-state index is 12.3. The molecule has 1 aromatic carbocycles. The summed E-state index contributed by atoms with van der Waals surface area (Å²) in [7, 11) is 0. The lowest BCUT2D eigenvalue weighted by Crippen LogP contribution is -2.05. The van der Waals surface area contributed by atoms with Crippen LogP contribution >= 0.6 is 46.1 Å². The van der Waals surface area contributed by atoms with Gasteiger partial charge in [-0.3, -0.25) is 9.59 Å². The summed E-state index contributed by atoms with van der Waals surface area (Å²) in [4.78, 5) is 23.3. The van der Waals surface area contributed by atoms with E-state index >= 15 is 0 Å². The molecule has 2 aromatic heterocycles. The van der Waals surface area contributed by atoms with Crippen LogP contribution < -0.4 is 5.43 Å². The lowest BCUT2D eigenvalue weighted by molar-refractivity contribution is -0.136. The third kappa shape index (κ3) is 2.97. The number of aliphatic carboxylic acids is 1. The van der Waals surface area contributed by atoms with E-state index in [0.717, 1.165) is 11.3 Å². The van der Waals surface area contributed by atoms with Crippen LogP contribution in [0, 0.1) is 0 Å². The van der Waals surface area contributed by atoms with Crippen LogP contribution in [0.4, 0.5) is 0 Å². The molecule has 0 amide bonds. The quantitative estimate of drug-likeness (QED) is 0.676. The van der Waals surface area contributed by atoms with Gasteiger partial charge in [-0.25, -0.2) is 0 Å². The zero-order valence-corrected chi connectivity index (χ0v) is 14.3. The average Bonchev–Trinajstić information content (AvgIpc) is 2.72. The fourth-order valence-corrected chi connectivity index (χ4v) is 4.15. The summed E-state index contributed by atoms with van der Waals surface area (Å²) in [6, 6.07) is 6.04. The Bertz CT molecular complexity index is 990. The monoisotopic (exact) mass is 388 g/mol. The number of fused-ring (bicyclic) bond motifs is 1. The number of hydrogen-bond acceptors (Lipinski definition) is 4. The molecule has 8 heteroatoms. The Kier molecular flexibility index (Phi) is 4.38. The van der Waals surface area contributed by atoms with E-state index < -0.39 is 5.97 Å². The summed E-state index contributed by atoms with van der Waals surface area (Å²) in [5.74, 6) is -0.876. The summed E-state index contributed by atoms with van der Waals surface area (Å²) in [6.45, 7) is 0. The van der Waals surface area contributed by atoms with Crippen molar-refractivity contribution in [2.45, 2.75) is 6.42 Å². The van der Waals surface area contributed by atoms with Gasteiger partial charge in [-0.1, -0.05) is 46.9 Å². The van der Waals surface area contributed by atoms with Gasteiger partial charge in [0, 0.05) is 11.6 Å². The number of carboxylic acid groups (broad SMARTS) is 1. The van der Waals surface area contributed by atoms with E-state index in [1.807, 2.05) is 0 Å². The molecule has 23 heavy (non-hydrogen) atoms. The van der Waals surface area contributed by atoms with E-state index in [4.69, 9.17) is 44.3 Å². The Morgan fingerprint density at radius 2 is 1.96 bits per heavy atom. The number of hydrogen-bond donors (Lipinski definition) is 1. The van der Waals surface area contributed by atoms with Crippen LogP contribution in [0.1, 0.15) is 5.56 Å². The van der Waals surface area contributed by atoms with Crippen molar-refractivity contribution >= 4 is 63.1 Å². The molecule has 0 saturated heterocycles. The van der Waals surface area contributed by atoms with Crippen LogP contribution in [0.15, 0.2) is 33.5 Å². The molecule has 118 valence electrons. The fourth-order valence-electron chi connectivity index (χ4n) is 2.23. The second-order valence-electron chi connectivity index (χ2n) is 4.68. The molecular weight excluding hydrogens is 383 g/mol. The van der Waals surface area contributed by atoms with Gasteiger partial charge in [-0.15, -0.1) is 11.3 Å². The zero-order valence-electron chi connectivity index (χ0n) is 11.2. The predicted octanol–water partition coefficient (Wildman–Crippen LogP) is 5.11. The lowest BCUT2D eigenvalue weighted by Gasteiger charge is -2.06. The minimum Gasteiger partial charge on any atom is -0.481 e. The van der Waals surface area contributed by atoms with Crippen molar-refractivity contribution in [1.29, 1.82) is 0 Å². The highest BCUT2D eigenvalue weighted by molar-refractivity contribution is 7.21. The molecule has 0 aliphatic heterocycles. The zero-order chi connectivity index (χ0) is 16.7. The number of rotatable bonds is 3. The van der Waals surface area contributed by atoms with Gasteiger partial charge in [0.25, 0.3) is 0 Å². The van der Waals surface area contributed by atoms with Gasteiger partial charge in [0.15, 0.2) is 5.43 Å². The first-order valence-electron chi connectivity index (χ1n) is 6.29. The lowest BCUT2D eigenvalue weighted by atomic mass is 10.1. The molecule has 0 bridgehead atoms. The van der Waals surface area contributed by atoms with Gasteiger partial charge >= 0.3 is 5.97 Å². The topological polar surface area (TPSA) is 67.5 Å². The largest absolute Gasteiger partial charge is 0.481 e. The number of carbonyl (C=O) groups is 1. The second kappa shape index (κ2) is 6.17. The molecule has 3 rings (SSSR count). The second-order valence-corrected chi connectivity index (χ2v) is 7.28. The van der Waals surface area contributed by atoms with Crippen LogP contribution in [0.3, 0.4) is 0 Å². The number of halogens is 3. The van der Waals surface area contributed by atoms with E-state index in [9.17, 15) is 9.59 Å². The van der Waals surface area contributed by atoms with Gasteiger partial charge in [0.1, 0.15) is 20.0 Å². The van der Waals surface area contributed by atoms with Crippen LogP contribution in [-0.2, 0) is 11.2 Å². The fraction of sp³-hybridized carbons (Fsp3) is 0.0667. The van der Waals surface area contributed by atoms with Gasteiger partial charge in [-0.05, 0) is 6.07 Å². The van der Waals surface area contributed by atoms with Crippen molar-refractivity contribution < 1.29 is 14.3 Å². The van der Waals surface area contributed by atoms with Crippen LogP contribution in [-0.4, -0.2) is 11.1 Å². The Labute approximate surface area is 148 Å². The van der Waals surface area contributed by atoms with Crippen molar-refractivity contribution in [1.82, 2.24) is 0 Å². The molecule has 0 radical (unpaired) electrons. The van der Waals surface area contributed by atoms with Crippen LogP contribution in [0.5, 0.6) is 0 Å². The summed E-state index contributed by atoms with van der Waals surface area (Å²) in [5, 5.41) is 9.48. The highest BCUT2D eigenvalue weighted by Gasteiger charge is 2.20. The Balaban J connectivity index is 2.32. The first kappa shape index (κ1) is 16.3. The number of para-hydroxylation sites is 1. The van der Waals surface area contributed by atoms with Gasteiger partial charge in [0.2, 0.25) is 0 Å². The molecule has 0 aliphatic carbocycles. The SMILES string of the molecule is O=C(O)Cc1cccc2c(=O)cc(-c3c(Cl)sc(Cl)c3Cl)oc12. The minimum atomic E-state index is -1.03. The van der Waals surface area contributed by atoms with E-state index in [-0.39, 0.29) is 32.6 Å². The molecule has 0 saturated carbocycles. The van der Waals surface area contributed by atoms with Crippen molar-refractivity contribution in [2.24, 2.45) is 0 Å². The molecular formula is C15H7Cl3O4S. The smallest absolute Gasteiger partial charge is 0.307 e. The summed E-state index contributed by atoms with van der Waals surface area (Å²) in [6.07, 6.45) is -0.268. The van der Waals surface area contributed by atoms with Crippen molar-refractivity contribution in [3.63, 3.8) is 0 Å². The van der Waals surface area contributed by atoms with E-state index in [2.05, 4.69) is 0 Å². The number of benzene rings is 1. The van der Waals surface area contributed by atoms with E-state index in [1.54, 1.807) is 18.2 Å². The van der Waals surface area contributed by atoms with Gasteiger partial charge in [0.05, 0.1) is 22.4 Å². The van der Waals surface area contributed by atoms with Crippen LogP contribution in [0.25, 0.3) is 22.3 Å². The number of thiophene rings is 1. The third-order valence-corrected chi connectivity index (χ3v) is 5.39. The number of carboxylic acids is 1. The first-order chi connectivity index (χ1) is 10.9. The summed E-state index contributed by atoms with van der Waals surface area (Å²) in [5.41, 5.74) is 0.602. The molecule has 2 heterocycles. The van der Waals surface area contributed by atoms with Crippen molar-refractivity contribution in [2.75, 3.05) is 0 Å². The Hall–Kier alpha value is -1.53. The molecule has 0 fully saturated rings. The Morgan fingerprint density at radius 3 is 2.57 bits per heavy atom. The highest BCUT2D eigenvalue weighted by Crippen LogP contribution is 2.46. The maximum atomic E-state index is 12.3. The molecule has 0 unspecified atom stereocenters. The van der Waals surface area contributed by atoms with Crippen molar-refractivity contribution in [3.05, 3.63) is 53.7 Å². The minimum absolute atomic E-state index is 0.151. The summed E-state index contributed by atoms with van der Waals surface area (Å²) < 4.78 is 6.33. The molecule has 4 nitrogen and oxygen atoms in total. The van der Waals surface area contributed by atoms with Gasteiger partial charge < -0.3 is 9.52 Å². The average molecular weight is 390 g/mol. The van der Waals surface area contributed by atoms with E-state index in [0.29, 0.717) is 20.8 Å². The predicted molar refractivity (Wildman–Crippen MR) is 92.2 cm³/mol. The van der Waals surface area contributed by atoms with E-state index in [1.165, 1.54) is 6.07 Å². The van der Waals surface area contributed by atoms with Crippen LogP contribution in [0.2, 0.25) is 13.7 Å². The summed E-state index contributed by atoms with van der Waals surface area (Å²) >= 11 is 19.2. The maximum Gasteiger partial charge on any atom is 0.307 e. The molecule has 0 spiro atoms. The standard InChI is InChI=1S/C15H7Cl3O4S/c16-12-11(14(17)23-15(12)18)9-5-8(19)7-3-1-2-6(4-10(20)21)13(7)22-9/h1-3,5H,4H2,(H,20,21). The molecule has 3 aromatic rings. The third-order valence-electron chi connectivity index (χ3n) is 3.19. The highest BCUT2D eigenvalue weighted by atomic mass is 35.5. The molecule has 0 aliphatic rings. The van der Waals surface area contributed by atoms with Gasteiger partial charge in [-0.2, -0.15) is 0 Å². The van der Waals surface area contributed by atoms with Crippen molar-refractivity contribution in [3.8, 4) is 11.3 Å². The Morgan fingerprint density at radius 1 is 1.22 bits per heavy atom. The first-order valence-corrected chi connectivity index (χ1v) is 8.24.